The maximum atomic E-state index is 13.0. The maximum absolute atomic E-state index is 13.0. The van der Waals surface area contributed by atoms with Crippen molar-refractivity contribution in [2.75, 3.05) is 5.75 Å². The number of fused-ring (bicyclic) bond motifs is 3. The highest BCUT2D eigenvalue weighted by molar-refractivity contribution is 7.99. The first-order valence-electron chi connectivity index (χ1n) is 11.3. The predicted molar refractivity (Wildman–Crippen MR) is 123 cm³/mol. The second-order valence-electron chi connectivity index (χ2n) is 9.53. The van der Waals surface area contributed by atoms with E-state index < -0.39 is 0 Å². The van der Waals surface area contributed by atoms with E-state index in [1.165, 1.54) is 37.4 Å². The molecule has 0 spiro atoms. The molecule has 2 aliphatic rings. The number of aromatic nitrogens is 2. The van der Waals surface area contributed by atoms with E-state index in [9.17, 15) is 9.59 Å². The molecule has 0 radical (unpaired) electrons. The van der Waals surface area contributed by atoms with Gasteiger partial charge < -0.3 is 5.32 Å². The molecular weight excluding hydrogens is 394 g/mol. The first kappa shape index (κ1) is 21.4. The zero-order chi connectivity index (χ0) is 21.3. The standard InChI is InChI=1S/C24H33N3O2S/c1-15(2)10-11-27-23(29)19-6-4-5-7-21(19)26-24(27)30-14-22(28)25-16(3)20-13-17-8-9-18(20)12-17/h4-7,15-18,20H,8-14H2,1-3H3,(H,25,28). The van der Waals surface area contributed by atoms with Crippen LogP contribution in [0.3, 0.4) is 0 Å². The van der Waals surface area contributed by atoms with Gasteiger partial charge in [0.25, 0.3) is 5.56 Å². The number of rotatable bonds is 8. The van der Waals surface area contributed by atoms with E-state index in [4.69, 9.17) is 4.98 Å². The molecule has 1 amide bonds. The Labute approximate surface area is 183 Å². The average molecular weight is 428 g/mol. The predicted octanol–water partition coefficient (Wildman–Crippen LogP) is 4.48. The van der Waals surface area contributed by atoms with Gasteiger partial charge in [-0.2, -0.15) is 0 Å². The lowest BCUT2D eigenvalue weighted by Gasteiger charge is -2.28. The lowest BCUT2D eigenvalue weighted by Crippen LogP contribution is -2.41. The molecule has 0 saturated heterocycles. The van der Waals surface area contributed by atoms with Crippen LogP contribution < -0.4 is 10.9 Å². The summed E-state index contributed by atoms with van der Waals surface area (Å²) in [6.45, 7) is 7.08. The van der Waals surface area contributed by atoms with Crippen LogP contribution in [0.15, 0.2) is 34.2 Å². The van der Waals surface area contributed by atoms with Gasteiger partial charge >= 0.3 is 0 Å². The van der Waals surface area contributed by atoms with Gasteiger partial charge in [0.1, 0.15) is 0 Å². The second-order valence-corrected chi connectivity index (χ2v) is 10.5. The largest absolute Gasteiger partial charge is 0.353 e. The molecule has 2 aliphatic carbocycles. The third-order valence-corrected chi connectivity index (χ3v) is 7.89. The Bertz CT molecular complexity index is 971. The zero-order valence-corrected chi connectivity index (χ0v) is 19.1. The maximum Gasteiger partial charge on any atom is 0.262 e. The van der Waals surface area contributed by atoms with Crippen molar-refractivity contribution >= 4 is 28.6 Å². The van der Waals surface area contributed by atoms with Crippen LogP contribution in [0.25, 0.3) is 10.9 Å². The summed E-state index contributed by atoms with van der Waals surface area (Å²) in [6.07, 6.45) is 6.22. The summed E-state index contributed by atoms with van der Waals surface area (Å²) in [4.78, 5) is 30.4. The minimum absolute atomic E-state index is 0.0143. The molecule has 30 heavy (non-hydrogen) atoms. The average Bonchev–Trinajstić information content (AvgIpc) is 3.35. The molecule has 2 saturated carbocycles. The van der Waals surface area contributed by atoms with Crippen LogP contribution in [0.2, 0.25) is 0 Å². The lowest BCUT2D eigenvalue weighted by molar-refractivity contribution is -0.119. The van der Waals surface area contributed by atoms with E-state index in [2.05, 4.69) is 26.1 Å². The number of para-hydroxylation sites is 1. The molecular formula is C24H33N3O2S. The van der Waals surface area contributed by atoms with Crippen molar-refractivity contribution in [2.24, 2.45) is 23.7 Å². The Morgan fingerprint density at radius 2 is 2.03 bits per heavy atom. The van der Waals surface area contributed by atoms with Gasteiger partial charge in [-0.1, -0.05) is 44.2 Å². The molecule has 6 heteroatoms. The van der Waals surface area contributed by atoms with Crippen molar-refractivity contribution in [3.05, 3.63) is 34.6 Å². The van der Waals surface area contributed by atoms with E-state index in [1.54, 1.807) is 4.57 Å². The molecule has 1 heterocycles. The van der Waals surface area contributed by atoms with Crippen LogP contribution in [0, 0.1) is 23.7 Å². The SMILES string of the molecule is CC(C)CCn1c(SCC(=O)NC(C)C2CC3CCC2C3)nc2ccccc2c1=O. The van der Waals surface area contributed by atoms with Gasteiger partial charge in [0.2, 0.25) is 5.91 Å². The molecule has 5 nitrogen and oxygen atoms in total. The van der Waals surface area contributed by atoms with Crippen LogP contribution in [0.4, 0.5) is 0 Å². The third kappa shape index (κ3) is 4.58. The number of hydrogen-bond donors (Lipinski definition) is 1. The van der Waals surface area contributed by atoms with E-state index in [0.29, 0.717) is 34.4 Å². The minimum Gasteiger partial charge on any atom is -0.353 e. The molecule has 4 atom stereocenters. The topological polar surface area (TPSA) is 64.0 Å². The van der Waals surface area contributed by atoms with Gasteiger partial charge in [-0.05, 0) is 68.4 Å². The van der Waals surface area contributed by atoms with Gasteiger partial charge in [-0.15, -0.1) is 0 Å². The zero-order valence-electron chi connectivity index (χ0n) is 18.3. The van der Waals surface area contributed by atoms with Crippen molar-refractivity contribution in [3.8, 4) is 0 Å². The Hall–Kier alpha value is -1.82. The molecule has 162 valence electrons. The van der Waals surface area contributed by atoms with Gasteiger partial charge in [-0.25, -0.2) is 4.98 Å². The van der Waals surface area contributed by atoms with Crippen LogP contribution >= 0.6 is 11.8 Å². The number of nitrogens with one attached hydrogen (secondary N) is 1. The summed E-state index contributed by atoms with van der Waals surface area (Å²) in [5, 5.41) is 4.50. The lowest BCUT2D eigenvalue weighted by atomic mass is 9.84. The van der Waals surface area contributed by atoms with Crippen molar-refractivity contribution in [1.29, 1.82) is 0 Å². The molecule has 1 aromatic carbocycles. The highest BCUT2D eigenvalue weighted by atomic mass is 32.2. The van der Waals surface area contributed by atoms with Crippen molar-refractivity contribution < 1.29 is 4.79 Å². The number of nitrogens with zero attached hydrogens (tertiary/aromatic N) is 2. The van der Waals surface area contributed by atoms with E-state index in [1.807, 2.05) is 24.3 Å². The highest BCUT2D eigenvalue weighted by Gasteiger charge is 2.42. The summed E-state index contributed by atoms with van der Waals surface area (Å²) in [6, 6.07) is 7.68. The smallest absolute Gasteiger partial charge is 0.262 e. The Morgan fingerprint density at radius 1 is 1.23 bits per heavy atom. The summed E-state index contributed by atoms with van der Waals surface area (Å²) >= 11 is 1.38. The third-order valence-electron chi connectivity index (χ3n) is 6.91. The molecule has 2 bridgehead atoms. The summed E-state index contributed by atoms with van der Waals surface area (Å²) < 4.78 is 1.75. The monoisotopic (exact) mass is 427 g/mol. The van der Waals surface area contributed by atoms with E-state index in [0.717, 1.165) is 18.3 Å². The highest BCUT2D eigenvalue weighted by Crippen LogP contribution is 2.49. The summed E-state index contributed by atoms with van der Waals surface area (Å²) in [7, 11) is 0. The fourth-order valence-electron chi connectivity index (χ4n) is 5.28. The van der Waals surface area contributed by atoms with E-state index >= 15 is 0 Å². The quantitative estimate of drug-likeness (QED) is 0.498. The minimum atomic E-state index is -0.0143. The molecule has 2 aromatic rings. The molecule has 4 unspecified atom stereocenters. The van der Waals surface area contributed by atoms with Crippen LogP contribution in [0.5, 0.6) is 0 Å². The van der Waals surface area contributed by atoms with Crippen molar-refractivity contribution in [1.82, 2.24) is 14.9 Å². The number of carbonyl (C=O) groups is 1. The number of carbonyl (C=O) groups excluding carboxylic acids is 1. The number of hydrogen-bond acceptors (Lipinski definition) is 4. The summed E-state index contributed by atoms with van der Waals surface area (Å²) in [5.41, 5.74) is 0.682. The van der Waals surface area contributed by atoms with Gasteiger partial charge in [0.05, 0.1) is 16.7 Å². The van der Waals surface area contributed by atoms with E-state index in [-0.39, 0.29) is 23.3 Å². The number of thioether (sulfide) groups is 1. The van der Waals surface area contributed by atoms with Crippen molar-refractivity contribution in [2.45, 2.75) is 70.6 Å². The first-order chi connectivity index (χ1) is 14.4. The Balaban J connectivity index is 1.45. The molecule has 1 N–H and O–H groups in total. The fourth-order valence-corrected chi connectivity index (χ4v) is 6.12. The van der Waals surface area contributed by atoms with Crippen molar-refractivity contribution in [3.63, 3.8) is 0 Å². The van der Waals surface area contributed by atoms with Gasteiger partial charge in [0, 0.05) is 12.6 Å². The summed E-state index contributed by atoms with van der Waals surface area (Å²) in [5.74, 6) is 3.12. The Morgan fingerprint density at radius 3 is 2.73 bits per heavy atom. The number of amides is 1. The fraction of sp³-hybridized carbons (Fsp3) is 0.625. The second kappa shape index (κ2) is 9.13. The van der Waals surface area contributed by atoms with Crippen LogP contribution in [-0.2, 0) is 11.3 Å². The normalized spacial score (nSPS) is 23.9. The molecule has 0 aliphatic heterocycles. The van der Waals surface area contributed by atoms with Gasteiger partial charge in [0.15, 0.2) is 5.16 Å². The van der Waals surface area contributed by atoms with Crippen LogP contribution in [0.1, 0.15) is 52.9 Å². The molecule has 2 fully saturated rings. The molecule has 4 rings (SSSR count). The number of benzene rings is 1. The molecule has 1 aromatic heterocycles. The Kier molecular flexibility index (Phi) is 6.51. The van der Waals surface area contributed by atoms with Crippen LogP contribution in [-0.4, -0.2) is 27.3 Å². The van der Waals surface area contributed by atoms with Gasteiger partial charge in [-0.3, -0.25) is 14.2 Å². The first-order valence-corrected chi connectivity index (χ1v) is 12.3.